The van der Waals surface area contributed by atoms with Gasteiger partial charge >= 0.3 is 0 Å². The van der Waals surface area contributed by atoms with Gasteiger partial charge in [0, 0.05) is 0 Å². The van der Waals surface area contributed by atoms with E-state index in [1.54, 1.807) is 0 Å². The third-order valence-electron chi connectivity index (χ3n) is 2.77. The molecule has 2 atom stereocenters. The molecule has 0 saturated carbocycles. The zero-order valence-corrected chi connectivity index (χ0v) is 10.2. The largest absolute Gasteiger partial charge is 0.465 e. The standard InChI is InChI=1S/C12H22N2O/c1-9(7-8-13)12(14(3)4)11-6-5-10(2)15-11/h5-6,9,12H,7-8,13H2,1-4H3. The number of aryl methyl sites for hydroxylation is 1. The van der Waals surface area contributed by atoms with Gasteiger partial charge in [0.05, 0.1) is 6.04 Å². The van der Waals surface area contributed by atoms with Gasteiger partial charge in [0.15, 0.2) is 0 Å². The van der Waals surface area contributed by atoms with Crippen molar-refractivity contribution in [3.8, 4) is 0 Å². The van der Waals surface area contributed by atoms with Gasteiger partial charge in [0.25, 0.3) is 0 Å². The third kappa shape index (κ3) is 3.08. The normalized spacial score (nSPS) is 15.6. The van der Waals surface area contributed by atoms with E-state index in [1.807, 2.05) is 13.0 Å². The van der Waals surface area contributed by atoms with Gasteiger partial charge in [-0.3, -0.25) is 4.90 Å². The van der Waals surface area contributed by atoms with E-state index in [-0.39, 0.29) is 0 Å². The third-order valence-corrected chi connectivity index (χ3v) is 2.77. The van der Waals surface area contributed by atoms with Crippen LogP contribution in [-0.2, 0) is 0 Å². The quantitative estimate of drug-likeness (QED) is 0.810. The maximum Gasteiger partial charge on any atom is 0.121 e. The smallest absolute Gasteiger partial charge is 0.121 e. The first-order valence-corrected chi connectivity index (χ1v) is 5.49. The zero-order chi connectivity index (χ0) is 11.4. The molecular weight excluding hydrogens is 188 g/mol. The van der Waals surface area contributed by atoms with Crippen molar-refractivity contribution in [1.29, 1.82) is 0 Å². The average molecular weight is 210 g/mol. The van der Waals surface area contributed by atoms with Gasteiger partial charge in [-0.2, -0.15) is 0 Å². The number of hydrogen-bond donors (Lipinski definition) is 1. The van der Waals surface area contributed by atoms with E-state index < -0.39 is 0 Å². The Morgan fingerprint density at radius 3 is 2.47 bits per heavy atom. The Hall–Kier alpha value is -0.800. The monoisotopic (exact) mass is 210 g/mol. The lowest BCUT2D eigenvalue weighted by Gasteiger charge is -2.28. The van der Waals surface area contributed by atoms with Crippen molar-refractivity contribution in [1.82, 2.24) is 4.90 Å². The summed E-state index contributed by atoms with van der Waals surface area (Å²) in [5.41, 5.74) is 5.60. The first-order chi connectivity index (χ1) is 7.06. The molecule has 2 N–H and O–H groups in total. The van der Waals surface area contributed by atoms with Crippen molar-refractivity contribution >= 4 is 0 Å². The Bertz CT molecular complexity index is 294. The molecule has 0 aliphatic heterocycles. The fourth-order valence-electron chi connectivity index (χ4n) is 2.08. The van der Waals surface area contributed by atoms with E-state index in [2.05, 4.69) is 32.0 Å². The molecule has 86 valence electrons. The van der Waals surface area contributed by atoms with E-state index in [4.69, 9.17) is 10.2 Å². The van der Waals surface area contributed by atoms with Crippen LogP contribution < -0.4 is 5.73 Å². The predicted molar refractivity (Wildman–Crippen MR) is 62.7 cm³/mol. The zero-order valence-electron chi connectivity index (χ0n) is 10.2. The van der Waals surface area contributed by atoms with Gasteiger partial charge in [0.1, 0.15) is 11.5 Å². The van der Waals surface area contributed by atoms with Crippen molar-refractivity contribution < 1.29 is 4.42 Å². The van der Waals surface area contributed by atoms with Crippen LogP contribution in [0.4, 0.5) is 0 Å². The van der Waals surface area contributed by atoms with Crippen LogP contribution in [0.25, 0.3) is 0 Å². The Morgan fingerprint density at radius 2 is 2.07 bits per heavy atom. The number of nitrogens with two attached hydrogens (primary N) is 1. The maximum absolute atomic E-state index is 5.69. The lowest BCUT2D eigenvalue weighted by Crippen LogP contribution is -2.27. The van der Waals surface area contributed by atoms with Crippen LogP contribution in [0.5, 0.6) is 0 Å². The van der Waals surface area contributed by atoms with Gasteiger partial charge in [-0.25, -0.2) is 0 Å². The highest BCUT2D eigenvalue weighted by Gasteiger charge is 2.23. The van der Waals surface area contributed by atoms with Crippen LogP contribution in [0.15, 0.2) is 16.5 Å². The van der Waals surface area contributed by atoms with Crippen molar-refractivity contribution in [3.05, 3.63) is 23.7 Å². The molecule has 0 spiro atoms. The van der Waals surface area contributed by atoms with Crippen LogP contribution in [0, 0.1) is 12.8 Å². The summed E-state index contributed by atoms with van der Waals surface area (Å²) in [6, 6.07) is 4.40. The lowest BCUT2D eigenvalue weighted by molar-refractivity contribution is 0.185. The minimum absolute atomic E-state index is 0.322. The van der Waals surface area contributed by atoms with E-state index in [9.17, 15) is 0 Å². The summed E-state index contributed by atoms with van der Waals surface area (Å²) in [5.74, 6) is 2.52. The first kappa shape index (κ1) is 12.3. The van der Waals surface area contributed by atoms with Crippen LogP contribution in [-0.4, -0.2) is 25.5 Å². The Morgan fingerprint density at radius 1 is 1.40 bits per heavy atom. The molecule has 3 heteroatoms. The molecule has 0 fully saturated rings. The highest BCUT2D eigenvalue weighted by atomic mass is 16.3. The first-order valence-electron chi connectivity index (χ1n) is 5.49. The number of hydrogen-bond acceptors (Lipinski definition) is 3. The van der Waals surface area contributed by atoms with Crippen LogP contribution in [0.2, 0.25) is 0 Å². The molecule has 0 aliphatic rings. The van der Waals surface area contributed by atoms with E-state index in [0.29, 0.717) is 12.0 Å². The minimum atomic E-state index is 0.322. The van der Waals surface area contributed by atoms with Gasteiger partial charge in [-0.15, -0.1) is 0 Å². The average Bonchev–Trinajstić information content (AvgIpc) is 2.51. The van der Waals surface area contributed by atoms with Crippen molar-refractivity contribution in [3.63, 3.8) is 0 Å². The summed E-state index contributed by atoms with van der Waals surface area (Å²) < 4.78 is 5.69. The maximum atomic E-state index is 5.69. The molecule has 0 saturated heterocycles. The minimum Gasteiger partial charge on any atom is -0.465 e. The highest BCUT2D eigenvalue weighted by molar-refractivity contribution is 5.10. The molecule has 3 nitrogen and oxygen atoms in total. The summed E-state index contributed by atoms with van der Waals surface area (Å²) in [7, 11) is 4.16. The summed E-state index contributed by atoms with van der Waals surface area (Å²) in [4.78, 5) is 2.19. The highest BCUT2D eigenvalue weighted by Crippen LogP contribution is 2.29. The van der Waals surface area contributed by atoms with Crippen molar-refractivity contribution in [2.45, 2.75) is 26.3 Å². The molecule has 0 aromatic carbocycles. The molecule has 1 aromatic heterocycles. The molecular formula is C12H22N2O. The van der Waals surface area contributed by atoms with E-state index in [1.165, 1.54) is 0 Å². The second kappa shape index (κ2) is 5.33. The summed E-state index contributed by atoms with van der Waals surface area (Å²) in [5, 5.41) is 0. The molecule has 1 aromatic rings. The van der Waals surface area contributed by atoms with E-state index in [0.717, 1.165) is 24.5 Å². The molecule has 0 radical (unpaired) electrons. The second-order valence-electron chi connectivity index (χ2n) is 4.41. The van der Waals surface area contributed by atoms with Crippen LogP contribution in [0.3, 0.4) is 0 Å². The Labute approximate surface area is 92.2 Å². The van der Waals surface area contributed by atoms with Gasteiger partial charge in [-0.1, -0.05) is 6.92 Å². The molecule has 15 heavy (non-hydrogen) atoms. The summed E-state index contributed by atoms with van der Waals surface area (Å²) in [6.45, 7) is 4.92. The topological polar surface area (TPSA) is 42.4 Å². The SMILES string of the molecule is Cc1ccc(C(C(C)CCN)N(C)C)o1. The Balaban J connectivity index is 2.82. The molecule has 0 bridgehead atoms. The number of rotatable bonds is 5. The molecule has 0 aliphatic carbocycles. The van der Waals surface area contributed by atoms with E-state index >= 15 is 0 Å². The molecule has 2 unspecified atom stereocenters. The van der Waals surface area contributed by atoms with Crippen molar-refractivity contribution in [2.24, 2.45) is 11.7 Å². The van der Waals surface area contributed by atoms with Crippen molar-refractivity contribution in [2.75, 3.05) is 20.6 Å². The second-order valence-corrected chi connectivity index (χ2v) is 4.41. The predicted octanol–water partition coefficient (Wildman–Crippen LogP) is 2.18. The van der Waals surface area contributed by atoms with Gasteiger partial charge in [0.2, 0.25) is 0 Å². The molecule has 1 heterocycles. The Kier molecular flexibility index (Phi) is 4.36. The summed E-state index contributed by atoms with van der Waals surface area (Å²) >= 11 is 0. The molecule has 0 amide bonds. The van der Waals surface area contributed by atoms with Gasteiger partial charge < -0.3 is 10.2 Å². The number of furan rings is 1. The van der Waals surface area contributed by atoms with Gasteiger partial charge in [-0.05, 0) is 52.0 Å². The van der Waals surface area contributed by atoms with Crippen LogP contribution in [0.1, 0.15) is 30.9 Å². The summed E-state index contributed by atoms with van der Waals surface area (Å²) in [6.07, 6.45) is 1.02. The fraction of sp³-hybridized carbons (Fsp3) is 0.667. The number of nitrogens with zero attached hydrogens (tertiary/aromatic N) is 1. The lowest BCUT2D eigenvalue weighted by atomic mass is 9.95. The fourth-order valence-corrected chi connectivity index (χ4v) is 2.08. The molecule has 1 rings (SSSR count). The van der Waals surface area contributed by atoms with Crippen LogP contribution >= 0.6 is 0 Å².